The number of nitrogens with zero attached hydrogens (tertiary/aromatic N) is 2. The van der Waals surface area contributed by atoms with Crippen molar-refractivity contribution in [3.63, 3.8) is 0 Å². The number of benzene rings is 2. The van der Waals surface area contributed by atoms with Crippen LogP contribution < -0.4 is 0 Å². The molecule has 0 fully saturated rings. The van der Waals surface area contributed by atoms with Crippen molar-refractivity contribution < 1.29 is 24.2 Å². The van der Waals surface area contributed by atoms with Crippen LogP contribution in [0, 0.1) is 5.92 Å². The maximum atomic E-state index is 13.2. The third-order valence-corrected chi connectivity index (χ3v) is 6.93. The van der Waals surface area contributed by atoms with E-state index < -0.39 is 23.8 Å². The molecule has 0 bridgehead atoms. The van der Waals surface area contributed by atoms with Crippen LogP contribution in [-0.4, -0.2) is 41.0 Å². The second-order valence-electron chi connectivity index (χ2n) is 8.35. The third kappa shape index (κ3) is 4.95. The molecule has 0 amide bonds. The van der Waals surface area contributed by atoms with Gasteiger partial charge in [0.25, 0.3) is 0 Å². The molecular formula is C28H28N2O5S. The molecular weight excluding hydrogens is 476 g/mol. The zero-order valence-electron chi connectivity index (χ0n) is 20.6. The summed E-state index contributed by atoms with van der Waals surface area (Å²) in [6.45, 7) is 7.48. The third-order valence-electron chi connectivity index (χ3n) is 6.06. The van der Waals surface area contributed by atoms with Gasteiger partial charge in [0.15, 0.2) is 0 Å². The normalized spacial score (nSPS) is 17.5. The highest BCUT2D eigenvalue weighted by Gasteiger charge is 2.43. The number of phenols is 1. The Morgan fingerprint density at radius 3 is 2.39 bits per heavy atom. The average molecular weight is 505 g/mol. The molecule has 0 spiro atoms. The van der Waals surface area contributed by atoms with Gasteiger partial charge in [-0.1, -0.05) is 24.3 Å². The second-order valence-corrected chi connectivity index (χ2v) is 9.21. The van der Waals surface area contributed by atoms with Crippen molar-refractivity contribution in [2.24, 2.45) is 10.9 Å². The fourth-order valence-electron chi connectivity index (χ4n) is 4.51. The lowest BCUT2D eigenvalue weighted by atomic mass is 9.74. The zero-order chi connectivity index (χ0) is 25.8. The Labute approximate surface area is 214 Å². The van der Waals surface area contributed by atoms with Gasteiger partial charge in [-0.05, 0) is 57.5 Å². The molecule has 7 nitrogen and oxygen atoms in total. The summed E-state index contributed by atoms with van der Waals surface area (Å²) in [6.07, 6.45) is 0. The number of rotatable bonds is 7. The van der Waals surface area contributed by atoms with Crippen LogP contribution >= 0.6 is 11.3 Å². The fourth-order valence-corrected chi connectivity index (χ4v) is 5.39. The number of esters is 2. The van der Waals surface area contributed by atoms with Gasteiger partial charge >= 0.3 is 11.9 Å². The molecule has 4 rings (SSSR count). The van der Waals surface area contributed by atoms with E-state index in [4.69, 9.17) is 14.5 Å². The Morgan fingerprint density at radius 1 is 1.00 bits per heavy atom. The van der Waals surface area contributed by atoms with Gasteiger partial charge in [0, 0.05) is 33.8 Å². The number of ether oxygens (including phenoxy) is 2. The Balaban J connectivity index is 1.86. The maximum Gasteiger partial charge on any atom is 0.336 e. The van der Waals surface area contributed by atoms with Gasteiger partial charge in [-0.3, -0.25) is 9.79 Å². The van der Waals surface area contributed by atoms with E-state index in [2.05, 4.69) is 4.99 Å². The van der Waals surface area contributed by atoms with Crippen LogP contribution in [0.5, 0.6) is 5.75 Å². The largest absolute Gasteiger partial charge is 0.508 e. The Kier molecular flexibility index (Phi) is 7.64. The molecule has 2 heterocycles. The second kappa shape index (κ2) is 10.9. The van der Waals surface area contributed by atoms with E-state index in [0.29, 0.717) is 17.0 Å². The number of allylic oxidation sites excluding steroid dienone is 1. The minimum absolute atomic E-state index is 0.188. The van der Waals surface area contributed by atoms with E-state index in [0.717, 1.165) is 27.4 Å². The summed E-state index contributed by atoms with van der Waals surface area (Å²) in [5, 5.41) is 12.3. The average Bonchev–Trinajstić information content (AvgIpc) is 3.34. The Bertz CT molecular complexity index is 1340. The quantitative estimate of drug-likeness (QED) is 0.411. The highest BCUT2D eigenvalue weighted by Crippen LogP contribution is 2.44. The van der Waals surface area contributed by atoms with Gasteiger partial charge in [-0.2, -0.15) is 0 Å². The van der Waals surface area contributed by atoms with Crippen molar-refractivity contribution in [3.8, 4) is 27.6 Å². The molecule has 0 saturated carbocycles. The molecule has 8 heteroatoms. The molecule has 3 aromatic rings. The van der Waals surface area contributed by atoms with Crippen LogP contribution in [0.3, 0.4) is 0 Å². The molecule has 2 aromatic carbocycles. The molecule has 1 aliphatic heterocycles. The van der Waals surface area contributed by atoms with E-state index in [-0.39, 0.29) is 19.0 Å². The van der Waals surface area contributed by atoms with Crippen molar-refractivity contribution in [1.82, 2.24) is 4.98 Å². The lowest BCUT2D eigenvalue weighted by Crippen LogP contribution is -2.36. The molecule has 2 unspecified atom stereocenters. The SMILES string of the molecule is CCOC(=O)C1=C(C)N=C(C)C(C(=O)OCC)C1c1ccccc1-c1nc(-c2ccc(O)cc2)cs1. The lowest BCUT2D eigenvalue weighted by molar-refractivity contribution is -0.146. The summed E-state index contributed by atoms with van der Waals surface area (Å²) >= 11 is 1.47. The first-order chi connectivity index (χ1) is 17.3. The first-order valence-electron chi connectivity index (χ1n) is 11.8. The van der Waals surface area contributed by atoms with Crippen LogP contribution in [0.1, 0.15) is 39.2 Å². The molecule has 1 aliphatic rings. The van der Waals surface area contributed by atoms with Crippen molar-refractivity contribution in [1.29, 1.82) is 0 Å². The minimum Gasteiger partial charge on any atom is -0.508 e. The fraction of sp³-hybridized carbons (Fsp3) is 0.286. The summed E-state index contributed by atoms with van der Waals surface area (Å²) < 4.78 is 10.8. The first-order valence-corrected chi connectivity index (χ1v) is 12.7. The molecule has 186 valence electrons. The van der Waals surface area contributed by atoms with E-state index in [1.807, 2.05) is 41.8 Å². The zero-order valence-corrected chi connectivity index (χ0v) is 21.5. The number of aromatic nitrogens is 1. The number of aliphatic imine (C=N–C) groups is 1. The summed E-state index contributed by atoms with van der Waals surface area (Å²) in [5.41, 5.74) is 4.70. The van der Waals surface area contributed by atoms with Gasteiger partial charge in [0.05, 0.1) is 24.5 Å². The van der Waals surface area contributed by atoms with E-state index in [1.54, 1.807) is 39.8 Å². The predicted octanol–water partition coefficient (Wildman–Crippen LogP) is 5.76. The minimum atomic E-state index is -0.772. The number of carbonyl (C=O) groups is 2. The lowest BCUT2D eigenvalue weighted by Gasteiger charge is -2.32. The van der Waals surface area contributed by atoms with Crippen molar-refractivity contribution >= 4 is 29.0 Å². The number of carbonyl (C=O) groups excluding carboxylic acids is 2. The van der Waals surface area contributed by atoms with E-state index >= 15 is 0 Å². The van der Waals surface area contributed by atoms with Gasteiger partial charge in [0.1, 0.15) is 16.7 Å². The Hall–Kier alpha value is -3.78. The summed E-state index contributed by atoms with van der Waals surface area (Å²) in [4.78, 5) is 35.7. The number of thiazole rings is 1. The van der Waals surface area contributed by atoms with E-state index in [1.165, 1.54) is 11.3 Å². The molecule has 0 aliphatic carbocycles. The summed E-state index contributed by atoms with van der Waals surface area (Å²) in [5.74, 6) is -2.16. The maximum absolute atomic E-state index is 13.2. The molecule has 1 aromatic heterocycles. The highest BCUT2D eigenvalue weighted by molar-refractivity contribution is 7.13. The highest BCUT2D eigenvalue weighted by atomic mass is 32.1. The van der Waals surface area contributed by atoms with Crippen LogP contribution in [0.2, 0.25) is 0 Å². The van der Waals surface area contributed by atoms with Gasteiger partial charge < -0.3 is 14.6 Å². The predicted molar refractivity (Wildman–Crippen MR) is 140 cm³/mol. The standard InChI is InChI=1S/C28H28N2O5S/c1-5-34-27(32)23-16(3)29-17(4)24(28(33)35-6-2)25(23)20-9-7-8-10-21(20)26-30-22(15-36-26)18-11-13-19(31)14-12-18/h7-15,23,25,31H,5-6H2,1-4H3. The number of phenolic OH excluding ortho intramolecular Hbond substituents is 1. The number of hydrogen-bond donors (Lipinski definition) is 1. The Morgan fingerprint density at radius 2 is 1.69 bits per heavy atom. The molecule has 36 heavy (non-hydrogen) atoms. The van der Waals surface area contributed by atoms with Crippen molar-refractivity contribution in [3.05, 3.63) is 70.7 Å². The summed E-state index contributed by atoms with van der Waals surface area (Å²) in [7, 11) is 0. The van der Waals surface area contributed by atoms with Crippen LogP contribution in [0.4, 0.5) is 0 Å². The first kappa shape index (κ1) is 25.3. The molecule has 0 radical (unpaired) electrons. The van der Waals surface area contributed by atoms with Crippen LogP contribution in [0.25, 0.3) is 21.8 Å². The van der Waals surface area contributed by atoms with Gasteiger partial charge in [-0.25, -0.2) is 9.78 Å². The molecule has 1 N–H and O–H groups in total. The van der Waals surface area contributed by atoms with Crippen molar-refractivity contribution in [2.75, 3.05) is 13.2 Å². The smallest absolute Gasteiger partial charge is 0.336 e. The molecule has 0 saturated heterocycles. The van der Waals surface area contributed by atoms with Crippen LogP contribution in [-0.2, 0) is 19.1 Å². The molecule has 2 atom stereocenters. The van der Waals surface area contributed by atoms with E-state index in [9.17, 15) is 14.7 Å². The summed E-state index contributed by atoms with van der Waals surface area (Å²) in [6, 6.07) is 14.5. The van der Waals surface area contributed by atoms with Crippen LogP contribution in [0.15, 0.2) is 70.2 Å². The van der Waals surface area contributed by atoms with Gasteiger partial charge in [-0.15, -0.1) is 11.3 Å². The van der Waals surface area contributed by atoms with Crippen molar-refractivity contribution in [2.45, 2.75) is 33.6 Å². The number of hydrogen-bond acceptors (Lipinski definition) is 8. The number of aromatic hydroxyl groups is 1. The monoisotopic (exact) mass is 504 g/mol. The topological polar surface area (TPSA) is 98.1 Å². The van der Waals surface area contributed by atoms with Gasteiger partial charge in [0.2, 0.25) is 0 Å².